The van der Waals surface area contributed by atoms with Crippen LogP contribution in [0.1, 0.15) is 12.8 Å². The third kappa shape index (κ3) is 7.00. The summed E-state index contributed by atoms with van der Waals surface area (Å²) < 4.78 is 10.0. The zero-order chi connectivity index (χ0) is 14.8. The van der Waals surface area contributed by atoms with Gasteiger partial charge in [0.1, 0.15) is 5.75 Å². The fourth-order valence-corrected chi connectivity index (χ4v) is 1.31. The fourth-order valence-electron chi connectivity index (χ4n) is 1.31. The summed E-state index contributed by atoms with van der Waals surface area (Å²) in [6, 6.07) is 8.21. The number of nitrogens with one attached hydrogen (secondary N) is 1. The number of esters is 1. The maximum absolute atomic E-state index is 11.3. The van der Waals surface area contributed by atoms with Gasteiger partial charge in [0.05, 0.1) is 6.61 Å². The summed E-state index contributed by atoms with van der Waals surface area (Å²) in [5.74, 6) is -0.575. The van der Waals surface area contributed by atoms with Gasteiger partial charge < -0.3 is 15.2 Å². The Morgan fingerprint density at radius 1 is 1.15 bits per heavy atom. The number of ether oxygens (including phenoxy) is 2. The molecule has 108 valence electrons. The van der Waals surface area contributed by atoms with E-state index in [4.69, 9.17) is 10.5 Å². The molecular formula is C13H16N2O5. The van der Waals surface area contributed by atoms with Crippen LogP contribution in [0.15, 0.2) is 30.3 Å². The number of nitrogens with two attached hydrogens (primary N) is 1. The second kappa shape index (κ2) is 8.52. The first-order valence-electron chi connectivity index (χ1n) is 6.00. The molecule has 7 heteroatoms. The van der Waals surface area contributed by atoms with E-state index >= 15 is 0 Å². The van der Waals surface area contributed by atoms with Gasteiger partial charge >= 0.3 is 12.0 Å². The lowest BCUT2D eigenvalue weighted by Gasteiger charge is -2.06. The number of hydrogen-bond acceptors (Lipinski definition) is 5. The van der Waals surface area contributed by atoms with E-state index in [2.05, 4.69) is 4.74 Å². The molecule has 0 aliphatic carbocycles. The minimum absolute atomic E-state index is 0.122. The Kier molecular flexibility index (Phi) is 6.60. The van der Waals surface area contributed by atoms with Gasteiger partial charge in [0.2, 0.25) is 0 Å². The normalized spacial score (nSPS) is 9.60. The topological polar surface area (TPSA) is 108 Å². The van der Waals surface area contributed by atoms with Crippen molar-refractivity contribution < 1.29 is 23.9 Å². The number of benzene rings is 1. The molecule has 0 atom stereocenters. The van der Waals surface area contributed by atoms with Crippen molar-refractivity contribution in [3.8, 4) is 5.75 Å². The summed E-state index contributed by atoms with van der Waals surface area (Å²) in [7, 11) is 0. The van der Waals surface area contributed by atoms with E-state index in [0.29, 0.717) is 13.0 Å². The van der Waals surface area contributed by atoms with E-state index in [-0.39, 0.29) is 6.42 Å². The Morgan fingerprint density at radius 3 is 2.50 bits per heavy atom. The second-order valence-corrected chi connectivity index (χ2v) is 3.84. The quantitative estimate of drug-likeness (QED) is 0.561. The summed E-state index contributed by atoms with van der Waals surface area (Å²) in [6.45, 7) is -0.159. The molecule has 0 aromatic heterocycles. The Morgan fingerprint density at radius 2 is 1.85 bits per heavy atom. The lowest BCUT2D eigenvalue weighted by molar-refractivity contribution is -0.148. The van der Waals surface area contributed by atoms with Gasteiger partial charge in [0, 0.05) is 6.42 Å². The Balaban J connectivity index is 2.08. The maximum atomic E-state index is 11.3. The number of imide groups is 1. The Labute approximate surface area is 116 Å². The lowest BCUT2D eigenvalue weighted by Crippen LogP contribution is -2.37. The Hall–Kier alpha value is -2.57. The van der Waals surface area contributed by atoms with Crippen LogP contribution in [0.3, 0.4) is 0 Å². The van der Waals surface area contributed by atoms with Crippen molar-refractivity contribution in [3.05, 3.63) is 30.3 Å². The minimum atomic E-state index is -0.984. The van der Waals surface area contributed by atoms with Crippen LogP contribution < -0.4 is 15.8 Å². The molecule has 0 bridgehead atoms. The number of carbonyl (C=O) groups excluding carboxylic acids is 3. The summed E-state index contributed by atoms with van der Waals surface area (Å²) in [4.78, 5) is 32.6. The van der Waals surface area contributed by atoms with Crippen molar-refractivity contribution >= 4 is 17.9 Å². The average molecular weight is 280 g/mol. The first kappa shape index (κ1) is 15.5. The predicted octanol–water partition coefficient (Wildman–Crippen LogP) is 0.584. The first-order chi connectivity index (χ1) is 9.58. The molecule has 1 rings (SSSR count). The number of urea groups is 1. The third-order valence-electron chi connectivity index (χ3n) is 2.16. The number of primary amides is 1. The predicted molar refractivity (Wildman–Crippen MR) is 69.9 cm³/mol. The van der Waals surface area contributed by atoms with Gasteiger partial charge in [-0.2, -0.15) is 0 Å². The van der Waals surface area contributed by atoms with Crippen molar-refractivity contribution in [2.24, 2.45) is 5.73 Å². The molecular weight excluding hydrogens is 264 g/mol. The van der Waals surface area contributed by atoms with Crippen molar-refractivity contribution in [1.82, 2.24) is 5.32 Å². The second-order valence-electron chi connectivity index (χ2n) is 3.84. The van der Waals surface area contributed by atoms with Crippen LogP contribution in [0.2, 0.25) is 0 Å². The molecule has 0 fully saturated rings. The van der Waals surface area contributed by atoms with E-state index in [1.165, 1.54) is 0 Å². The average Bonchev–Trinajstić information content (AvgIpc) is 2.42. The molecule has 0 radical (unpaired) electrons. The highest BCUT2D eigenvalue weighted by Gasteiger charge is 2.08. The first-order valence-corrected chi connectivity index (χ1v) is 6.00. The largest absolute Gasteiger partial charge is 0.494 e. The Bertz CT molecular complexity index is 461. The van der Waals surface area contributed by atoms with Crippen molar-refractivity contribution in [1.29, 1.82) is 0 Å². The van der Waals surface area contributed by atoms with Gasteiger partial charge in [0.25, 0.3) is 5.91 Å². The number of carbonyl (C=O) groups is 3. The third-order valence-corrected chi connectivity index (χ3v) is 2.16. The highest BCUT2D eigenvalue weighted by atomic mass is 16.5. The zero-order valence-electron chi connectivity index (χ0n) is 10.8. The maximum Gasteiger partial charge on any atom is 0.318 e. The van der Waals surface area contributed by atoms with Gasteiger partial charge in [-0.3, -0.25) is 14.9 Å². The molecule has 0 heterocycles. The minimum Gasteiger partial charge on any atom is -0.494 e. The van der Waals surface area contributed by atoms with Crippen LogP contribution in [0.5, 0.6) is 5.75 Å². The highest BCUT2D eigenvalue weighted by Crippen LogP contribution is 2.08. The number of hydrogen-bond donors (Lipinski definition) is 2. The van der Waals surface area contributed by atoms with Crippen molar-refractivity contribution in [2.45, 2.75) is 12.8 Å². The van der Waals surface area contributed by atoms with Crippen molar-refractivity contribution in [2.75, 3.05) is 13.2 Å². The molecule has 7 nitrogen and oxygen atoms in total. The molecule has 3 amide bonds. The van der Waals surface area contributed by atoms with Crippen LogP contribution in [0, 0.1) is 0 Å². The summed E-state index contributed by atoms with van der Waals surface area (Å²) in [5.41, 5.74) is 4.73. The molecule has 0 spiro atoms. The molecule has 1 aromatic carbocycles. The number of amides is 3. The van der Waals surface area contributed by atoms with Gasteiger partial charge in [-0.1, -0.05) is 18.2 Å². The van der Waals surface area contributed by atoms with Crippen LogP contribution >= 0.6 is 0 Å². The molecule has 0 unspecified atom stereocenters. The van der Waals surface area contributed by atoms with Crippen molar-refractivity contribution in [3.63, 3.8) is 0 Å². The zero-order valence-corrected chi connectivity index (χ0v) is 10.8. The van der Waals surface area contributed by atoms with Crippen LogP contribution in [-0.4, -0.2) is 31.1 Å². The van der Waals surface area contributed by atoms with Crippen LogP contribution in [0.4, 0.5) is 4.79 Å². The van der Waals surface area contributed by atoms with Gasteiger partial charge in [-0.15, -0.1) is 0 Å². The van der Waals surface area contributed by atoms with Crippen LogP contribution in [0.25, 0.3) is 0 Å². The molecule has 0 aliphatic rings. The highest BCUT2D eigenvalue weighted by molar-refractivity contribution is 5.94. The lowest BCUT2D eigenvalue weighted by atomic mass is 10.3. The molecule has 0 saturated carbocycles. The smallest absolute Gasteiger partial charge is 0.318 e. The molecule has 0 aliphatic heterocycles. The summed E-state index contributed by atoms with van der Waals surface area (Å²) in [6.07, 6.45) is 0.585. The van der Waals surface area contributed by atoms with Gasteiger partial charge in [-0.25, -0.2) is 4.79 Å². The molecule has 3 N–H and O–H groups in total. The van der Waals surface area contributed by atoms with E-state index in [0.717, 1.165) is 5.75 Å². The molecule has 1 aromatic rings. The fraction of sp³-hybridized carbons (Fsp3) is 0.308. The number of rotatable bonds is 7. The summed E-state index contributed by atoms with van der Waals surface area (Å²) in [5, 5.41) is 1.78. The van der Waals surface area contributed by atoms with Crippen LogP contribution in [-0.2, 0) is 14.3 Å². The molecule has 0 saturated heterocycles. The summed E-state index contributed by atoms with van der Waals surface area (Å²) >= 11 is 0. The molecule has 20 heavy (non-hydrogen) atoms. The van der Waals surface area contributed by atoms with E-state index in [1.54, 1.807) is 5.32 Å². The van der Waals surface area contributed by atoms with Gasteiger partial charge in [-0.05, 0) is 18.6 Å². The van der Waals surface area contributed by atoms with E-state index in [1.807, 2.05) is 30.3 Å². The van der Waals surface area contributed by atoms with Gasteiger partial charge in [0.15, 0.2) is 6.61 Å². The van der Waals surface area contributed by atoms with E-state index in [9.17, 15) is 14.4 Å². The monoisotopic (exact) mass is 280 g/mol. The standard InChI is InChI=1S/C13H16N2O5/c14-13(18)15-11(16)9-20-12(17)7-4-8-19-10-5-2-1-3-6-10/h1-3,5-6H,4,7-9H2,(H3,14,15,16,18). The SMILES string of the molecule is NC(=O)NC(=O)COC(=O)CCCOc1ccccc1. The number of para-hydroxylation sites is 1. The van der Waals surface area contributed by atoms with E-state index < -0.39 is 24.5 Å².